The van der Waals surface area contributed by atoms with Gasteiger partial charge in [-0.15, -0.1) is 0 Å². The molecule has 0 atom stereocenters. The molecule has 0 spiro atoms. The van der Waals surface area contributed by atoms with E-state index >= 15 is 0 Å². The lowest BCUT2D eigenvalue weighted by Gasteiger charge is -2.11. The average Bonchev–Trinajstić information content (AvgIpc) is 3.20. The molecule has 0 aliphatic rings. The fraction of sp³-hybridized carbons (Fsp3) is 0.182. The molecule has 0 aliphatic carbocycles. The maximum absolute atomic E-state index is 12.7. The molecule has 33 heavy (non-hydrogen) atoms. The number of hydrogen-bond donors (Lipinski definition) is 3. The number of benzene rings is 2. The summed E-state index contributed by atoms with van der Waals surface area (Å²) in [6.45, 7) is -0.233. The number of carbonyl (C=O) groups is 2. The lowest BCUT2D eigenvalue weighted by Crippen LogP contribution is -2.20. The number of aromatic nitrogens is 1. The largest absolute Gasteiger partial charge is 0.493 e. The molecule has 0 radical (unpaired) electrons. The molecule has 1 aromatic heterocycles. The number of hydrogen-bond acceptors (Lipinski definition) is 6. The van der Waals surface area contributed by atoms with Crippen LogP contribution in [0.5, 0.6) is 11.5 Å². The molecule has 3 N–H and O–H groups in total. The molecule has 3 aromatic rings. The molecular formula is C22H24N4O6S. The zero-order valence-electron chi connectivity index (χ0n) is 18.3. The Bertz CT molecular complexity index is 1270. The van der Waals surface area contributed by atoms with Crippen LogP contribution in [0.15, 0.2) is 65.7 Å². The van der Waals surface area contributed by atoms with Crippen molar-refractivity contribution in [1.82, 2.24) is 9.29 Å². The smallest absolute Gasteiger partial charge is 0.272 e. The predicted octanol–water partition coefficient (Wildman–Crippen LogP) is 2.21. The number of rotatable bonds is 9. The summed E-state index contributed by atoms with van der Waals surface area (Å²) in [4.78, 5) is 24.9. The van der Waals surface area contributed by atoms with Crippen LogP contribution in [0.1, 0.15) is 10.5 Å². The van der Waals surface area contributed by atoms with E-state index in [0.717, 1.165) is 0 Å². The van der Waals surface area contributed by atoms with Gasteiger partial charge in [-0.25, -0.2) is 13.1 Å². The number of amides is 2. The second kappa shape index (κ2) is 10.2. The number of nitrogens with one attached hydrogen (secondary N) is 3. The van der Waals surface area contributed by atoms with Crippen molar-refractivity contribution in [3.05, 3.63) is 66.5 Å². The molecule has 11 heteroatoms. The zero-order chi connectivity index (χ0) is 24.0. The van der Waals surface area contributed by atoms with Crippen LogP contribution in [0, 0.1) is 0 Å². The van der Waals surface area contributed by atoms with Gasteiger partial charge in [-0.1, -0.05) is 18.2 Å². The third-order valence-electron chi connectivity index (χ3n) is 4.62. The molecule has 0 aliphatic heterocycles. The summed E-state index contributed by atoms with van der Waals surface area (Å²) in [6.07, 6.45) is 1.35. The number of anilines is 2. The van der Waals surface area contributed by atoms with Crippen molar-refractivity contribution in [2.45, 2.75) is 4.90 Å². The Morgan fingerprint density at radius 1 is 0.970 bits per heavy atom. The first-order valence-electron chi connectivity index (χ1n) is 9.80. The molecule has 0 fully saturated rings. The summed E-state index contributed by atoms with van der Waals surface area (Å²) in [6, 6.07) is 14.8. The number of methoxy groups -OCH3 is 1. The maximum Gasteiger partial charge on any atom is 0.272 e. The van der Waals surface area contributed by atoms with Crippen LogP contribution < -0.4 is 24.8 Å². The topological polar surface area (TPSA) is 128 Å². The Labute approximate surface area is 191 Å². The second-order valence-corrected chi connectivity index (χ2v) is 8.79. The molecule has 174 valence electrons. The van der Waals surface area contributed by atoms with Crippen molar-refractivity contribution in [1.29, 1.82) is 0 Å². The number of ether oxygens (including phenoxy) is 2. The second-order valence-electron chi connectivity index (χ2n) is 6.90. The summed E-state index contributed by atoms with van der Waals surface area (Å²) < 4.78 is 38.2. The Hall–Kier alpha value is -3.83. The van der Waals surface area contributed by atoms with E-state index in [1.54, 1.807) is 55.6 Å². The quantitative estimate of drug-likeness (QED) is 0.438. The fourth-order valence-corrected chi connectivity index (χ4v) is 3.77. The minimum Gasteiger partial charge on any atom is -0.493 e. The van der Waals surface area contributed by atoms with E-state index in [0.29, 0.717) is 22.9 Å². The van der Waals surface area contributed by atoms with E-state index in [9.17, 15) is 18.0 Å². The predicted molar refractivity (Wildman–Crippen MR) is 123 cm³/mol. The Morgan fingerprint density at radius 2 is 1.64 bits per heavy atom. The molecule has 0 bridgehead atoms. The first kappa shape index (κ1) is 23.8. The van der Waals surface area contributed by atoms with Gasteiger partial charge in [0.15, 0.2) is 18.1 Å². The van der Waals surface area contributed by atoms with Crippen LogP contribution in [0.4, 0.5) is 11.4 Å². The monoisotopic (exact) mass is 472 g/mol. The summed E-state index contributed by atoms with van der Waals surface area (Å²) in [5, 5.41) is 5.39. The lowest BCUT2D eigenvalue weighted by atomic mass is 10.2. The van der Waals surface area contributed by atoms with Gasteiger partial charge in [0.05, 0.1) is 7.11 Å². The molecule has 1 heterocycles. The van der Waals surface area contributed by atoms with Crippen molar-refractivity contribution in [2.24, 2.45) is 7.05 Å². The van der Waals surface area contributed by atoms with Crippen LogP contribution >= 0.6 is 0 Å². The first-order valence-corrected chi connectivity index (χ1v) is 11.3. The van der Waals surface area contributed by atoms with Crippen molar-refractivity contribution >= 4 is 33.2 Å². The van der Waals surface area contributed by atoms with E-state index in [1.165, 1.54) is 31.0 Å². The lowest BCUT2D eigenvalue weighted by molar-refractivity contribution is -0.118. The minimum atomic E-state index is -3.67. The van der Waals surface area contributed by atoms with E-state index < -0.39 is 21.8 Å². The molecule has 2 aromatic carbocycles. The Morgan fingerprint density at radius 3 is 2.30 bits per heavy atom. The van der Waals surface area contributed by atoms with Gasteiger partial charge in [0.25, 0.3) is 11.8 Å². The van der Waals surface area contributed by atoms with E-state index in [1.807, 2.05) is 0 Å². The van der Waals surface area contributed by atoms with Crippen LogP contribution in [-0.2, 0) is 21.9 Å². The molecule has 0 saturated carbocycles. The van der Waals surface area contributed by atoms with Gasteiger partial charge in [-0.2, -0.15) is 0 Å². The van der Waals surface area contributed by atoms with Crippen LogP contribution in [0.3, 0.4) is 0 Å². The molecule has 3 rings (SSSR count). The summed E-state index contributed by atoms with van der Waals surface area (Å²) in [5.74, 6) is 0.0616. The number of para-hydroxylation sites is 2. The van der Waals surface area contributed by atoms with E-state index in [4.69, 9.17) is 9.47 Å². The Kier molecular flexibility index (Phi) is 7.36. The number of aryl methyl sites for hydroxylation is 1. The highest BCUT2D eigenvalue weighted by molar-refractivity contribution is 7.89. The van der Waals surface area contributed by atoms with Crippen molar-refractivity contribution in [3.8, 4) is 11.5 Å². The Balaban J connectivity index is 1.64. The molecule has 10 nitrogen and oxygen atoms in total. The highest BCUT2D eigenvalue weighted by Gasteiger charge is 2.19. The van der Waals surface area contributed by atoms with Gasteiger partial charge in [-0.3, -0.25) is 9.59 Å². The highest BCUT2D eigenvalue weighted by atomic mass is 32.2. The van der Waals surface area contributed by atoms with Gasteiger partial charge < -0.3 is 24.7 Å². The zero-order valence-corrected chi connectivity index (χ0v) is 19.1. The average molecular weight is 473 g/mol. The fourth-order valence-electron chi connectivity index (χ4n) is 2.97. The van der Waals surface area contributed by atoms with E-state index in [-0.39, 0.29) is 17.2 Å². The third kappa shape index (κ3) is 5.90. The maximum atomic E-state index is 12.7. The van der Waals surface area contributed by atoms with Crippen molar-refractivity contribution < 1.29 is 27.5 Å². The van der Waals surface area contributed by atoms with Crippen molar-refractivity contribution in [3.63, 3.8) is 0 Å². The molecule has 2 amide bonds. The van der Waals surface area contributed by atoms with Crippen LogP contribution in [-0.4, -0.2) is 45.6 Å². The highest BCUT2D eigenvalue weighted by Crippen LogP contribution is 2.25. The van der Waals surface area contributed by atoms with Gasteiger partial charge >= 0.3 is 0 Å². The molecule has 0 unspecified atom stereocenters. The minimum absolute atomic E-state index is 0.0197. The van der Waals surface area contributed by atoms with Crippen molar-refractivity contribution in [2.75, 3.05) is 31.4 Å². The van der Waals surface area contributed by atoms with Crippen LogP contribution in [0.2, 0.25) is 0 Å². The summed E-state index contributed by atoms with van der Waals surface area (Å²) >= 11 is 0. The van der Waals surface area contributed by atoms with Gasteiger partial charge in [0.1, 0.15) is 10.6 Å². The molecule has 0 saturated heterocycles. The number of sulfonamides is 1. The summed E-state index contributed by atoms with van der Waals surface area (Å²) in [7, 11) is 0.704. The standard InChI is InChI=1S/C22H24N4O6S/c1-23-33(29,30)17-12-18(26(2)13-17)22(28)25-16-8-6-7-15(11-16)24-21(27)14-32-20-10-5-4-9-19(20)31-3/h4-13,23H,14H2,1-3H3,(H,24,27)(H,25,28). The summed E-state index contributed by atoms with van der Waals surface area (Å²) in [5.41, 5.74) is 1.03. The first-order chi connectivity index (χ1) is 15.7. The molecular weight excluding hydrogens is 448 g/mol. The third-order valence-corrected chi connectivity index (χ3v) is 6.00. The number of carbonyl (C=O) groups excluding carboxylic acids is 2. The van der Waals surface area contributed by atoms with Gasteiger partial charge in [0.2, 0.25) is 10.0 Å². The van der Waals surface area contributed by atoms with E-state index in [2.05, 4.69) is 15.4 Å². The normalized spacial score (nSPS) is 11.0. The van der Waals surface area contributed by atoms with Crippen LogP contribution in [0.25, 0.3) is 0 Å². The van der Waals surface area contributed by atoms with Gasteiger partial charge in [-0.05, 0) is 43.4 Å². The number of nitrogens with zero attached hydrogens (tertiary/aromatic N) is 1. The SMILES string of the molecule is CNS(=O)(=O)c1cc(C(=O)Nc2cccc(NC(=O)COc3ccccc3OC)c2)n(C)c1. The van der Waals surface area contributed by atoms with Gasteiger partial charge in [0, 0.05) is 24.6 Å².